The molecule has 1 heterocycles. The largest absolute Gasteiger partial charge is 0.390 e. The van der Waals surface area contributed by atoms with E-state index in [1.54, 1.807) is 29.2 Å². The zero-order chi connectivity index (χ0) is 19.8. The van der Waals surface area contributed by atoms with Crippen LogP contribution in [0.15, 0.2) is 36.4 Å². The van der Waals surface area contributed by atoms with Gasteiger partial charge in [0.15, 0.2) is 0 Å². The third-order valence-corrected chi connectivity index (χ3v) is 5.74. The second-order valence-electron chi connectivity index (χ2n) is 6.63. The number of hydrogen-bond acceptors (Lipinski definition) is 2. The Balaban J connectivity index is 1.88. The number of aliphatic hydroxyl groups excluding tert-OH is 1. The molecule has 7 heteroatoms. The topological polar surface area (TPSA) is 40.5 Å². The lowest BCUT2D eigenvalue weighted by Crippen LogP contribution is -2.40. The molecule has 27 heavy (non-hydrogen) atoms. The van der Waals surface area contributed by atoms with Crippen LogP contribution in [0.4, 0.5) is 8.78 Å². The fraction of sp³-hybridized carbons (Fsp3) is 0.350. The zero-order valence-electron chi connectivity index (χ0n) is 14.7. The van der Waals surface area contributed by atoms with Crippen LogP contribution in [0, 0.1) is 0 Å². The molecule has 0 saturated carbocycles. The molecule has 1 aliphatic heterocycles. The number of amides is 1. The summed E-state index contributed by atoms with van der Waals surface area (Å²) in [6.45, 7) is 0.879. The van der Waals surface area contributed by atoms with Gasteiger partial charge in [-0.3, -0.25) is 4.79 Å². The van der Waals surface area contributed by atoms with Gasteiger partial charge in [-0.25, -0.2) is 0 Å². The molecule has 0 spiro atoms. The van der Waals surface area contributed by atoms with Crippen molar-refractivity contribution in [2.75, 3.05) is 13.2 Å². The molecule has 0 unspecified atom stereocenters. The number of carbonyl (C=O) groups excluding carboxylic acids is 1. The minimum absolute atomic E-state index is 0.0463. The first kappa shape index (κ1) is 20.1. The molecule has 144 valence electrons. The quantitative estimate of drug-likeness (QED) is 0.784. The van der Waals surface area contributed by atoms with Crippen molar-refractivity contribution in [1.82, 2.24) is 4.90 Å². The predicted octanol–water partition coefficient (Wildman–Crippen LogP) is 4.77. The number of rotatable bonds is 4. The monoisotopic (exact) mass is 413 g/mol. The summed E-state index contributed by atoms with van der Waals surface area (Å²) >= 11 is 12.3. The molecule has 0 fully saturated rings. The van der Waals surface area contributed by atoms with Gasteiger partial charge in [-0.1, -0.05) is 47.5 Å². The van der Waals surface area contributed by atoms with Gasteiger partial charge in [-0.15, -0.1) is 0 Å². The SMILES string of the molecule is C[C@H]1c2cccc(C(F)(F)CO)c2CCN1C(=O)Cc1c(Cl)cccc1Cl. The van der Waals surface area contributed by atoms with Crippen LogP contribution in [-0.2, 0) is 23.6 Å². The van der Waals surface area contributed by atoms with Gasteiger partial charge >= 0.3 is 0 Å². The van der Waals surface area contributed by atoms with Gasteiger partial charge in [0.2, 0.25) is 5.91 Å². The van der Waals surface area contributed by atoms with Crippen LogP contribution in [0.3, 0.4) is 0 Å². The maximum atomic E-state index is 14.1. The molecule has 0 saturated heterocycles. The average Bonchev–Trinajstić information content (AvgIpc) is 2.64. The van der Waals surface area contributed by atoms with Crippen molar-refractivity contribution < 1.29 is 18.7 Å². The summed E-state index contributed by atoms with van der Waals surface area (Å²) in [5.41, 5.74) is 1.56. The minimum Gasteiger partial charge on any atom is -0.390 e. The third kappa shape index (κ3) is 3.82. The van der Waals surface area contributed by atoms with Crippen LogP contribution in [-0.4, -0.2) is 29.1 Å². The van der Waals surface area contributed by atoms with E-state index in [4.69, 9.17) is 28.3 Å². The summed E-state index contributed by atoms with van der Waals surface area (Å²) < 4.78 is 28.1. The van der Waals surface area contributed by atoms with Crippen LogP contribution in [0.1, 0.15) is 35.2 Å². The summed E-state index contributed by atoms with van der Waals surface area (Å²) in [5, 5.41) is 9.88. The third-order valence-electron chi connectivity index (χ3n) is 5.04. The fourth-order valence-electron chi connectivity index (χ4n) is 3.59. The van der Waals surface area contributed by atoms with Gasteiger partial charge < -0.3 is 10.0 Å². The molecule has 0 aliphatic carbocycles. The van der Waals surface area contributed by atoms with E-state index in [0.717, 1.165) is 0 Å². The molecule has 1 atom stereocenters. The van der Waals surface area contributed by atoms with Crippen LogP contribution in [0.2, 0.25) is 10.0 Å². The molecule has 0 bridgehead atoms. The Morgan fingerprint density at radius 1 is 1.22 bits per heavy atom. The molecule has 1 amide bonds. The first-order valence-electron chi connectivity index (χ1n) is 8.59. The summed E-state index contributed by atoms with van der Waals surface area (Å²) in [4.78, 5) is 14.5. The van der Waals surface area contributed by atoms with Gasteiger partial charge in [-0.05, 0) is 42.2 Å². The lowest BCUT2D eigenvalue weighted by molar-refractivity contribution is -0.133. The Morgan fingerprint density at radius 3 is 2.48 bits per heavy atom. The normalized spacial score (nSPS) is 17.0. The standard InChI is InChI=1S/C20H19Cl2F2NO2/c1-12-13-4-2-5-16(20(23,24)11-26)14(13)8-9-25(12)19(27)10-15-17(21)6-3-7-18(15)22/h2-7,12,26H,8-11H2,1H3/t12-/m0/s1. The highest BCUT2D eigenvalue weighted by Crippen LogP contribution is 2.38. The number of halogens is 4. The van der Waals surface area contributed by atoms with E-state index >= 15 is 0 Å². The molecule has 1 N–H and O–H groups in total. The molecule has 2 aromatic rings. The maximum absolute atomic E-state index is 14.1. The summed E-state index contributed by atoms with van der Waals surface area (Å²) in [6.07, 6.45) is 0.345. The van der Waals surface area contributed by atoms with Crippen LogP contribution in [0.5, 0.6) is 0 Å². The second-order valence-corrected chi connectivity index (χ2v) is 7.44. The van der Waals surface area contributed by atoms with E-state index in [1.165, 1.54) is 12.1 Å². The highest BCUT2D eigenvalue weighted by molar-refractivity contribution is 6.36. The fourth-order valence-corrected chi connectivity index (χ4v) is 4.12. The van der Waals surface area contributed by atoms with E-state index < -0.39 is 12.5 Å². The molecule has 0 aromatic heterocycles. The average molecular weight is 414 g/mol. The van der Waals surface area contributed by atoms with E-state index in [9.17, 15) is 13.6 Å². The zero-order valence-corrected chi connectivity index (χ0v) is 16.2. The maximum Gasteiger partial charge on any atom is 0.296 e. The Hall–Kier alpha value is -1.69. The molecule has 0 radical (unpaired) electrons. The second kappa shape index (κ2) is 7.74. The highest BCUT2D eigenvalue weighted by atomic mass is 35.5. The van der Waals surface area contributed by atoms with Crippen molar-refractivity contribution in [3.8, 4) is 0 Å². The van der Waals surface area contributed by atoms with Gasteiger partial charge in [0.05, 0.1) is 12.5 Å². The van der Waals surface area contributed by atoms with Gasteiger partial charge in [0, 0.05) is 22.2 Å². The Kier molecular flexibility index (Phi) is 5.75. The first-order valence-corrected chi connectivity index (χ1v) is 9.35. The van der Waals surface area contributed by atoms with Crippen molar-refractivity contribution >= 4 is 29.1 Å². The Labute approximate surface area is 166 Å². The number of aliphatic hydroxyl groups is 1. The molecular formula is C20H19Cl2F2NO2. The smallest absolute Gasteiger partial charge is 0.296 e. The number of fused-ring (bicyclic) bond motifs is 1. The summed E-state index contributed by atoms with van der Waals surface area (Å²) in [7, 11) is 0. The van der Waals surface area contributed by atoms with Gasteiger partial charge in [0.25, 0.3) is 5.92 Å². The van der Waals surface area contributed by atoms with Crippen LogP contribution >= 0.6 is 23.2 Å². The van der Waals surface area contributed by atoms with Crippen molar-refractivity contribution in [3.63, 3.8) is 0 Å². The molecule has 3 rings (SSSR count). The molecule has 1 aliphatic rings. The number of alkyl halides is 2. The molecule has 2 aromatic carbocycles. The van der Waals surface area contributed by atoms with Crippen LogP contribution < -0.4 is 0 Å². The highest BCUT2D eigenvalue weighted by Gasteiger charge is 2.37. The van der Waals surface area contributed by atoms with Crippen molar-refractivity contribution in [2.24, 2.45) is 0 Å². The molecule has 3 nitrogen and oxygen atoms in total. The van der Waals surface area contributed by atoms with Gasteiger partial charge in [0.1, 0.15) is 6.61 Å². The number of carbonyl (C=O) groups is 1. The van der Waals surface area contributed by atoms with Crippen molar-refractivity contribution in [3.05, 3.63) is 68.7 Å². The van der Waals surface area contributed by atoms with E-state index in [2.05, 4.69) is 0 Å². The number of nitrogens with zero attached hydrogens (tertiary/aromatic N) is 1. The van der Waals surface area contributed by atoms with E-state index in [0.29, 0.717) is 39.7 Å². The number of benzene rings is 2. The lowest BCUT2D eigenvalue weighted by atomic mass is 9.87. The Bertz CT molecular complexity index is 853. The summed E-state index contributed by atoms with van der Waals surface area (Å²) in [5.74, 6) is -3.47. The number of hydrogen-bond donors (Lipinski definition) is 1. The van der Waals surface area contributed by atoms with Crippen LogP contribution in [0.25, 0.3) is 0 Å². The predicted molar refractivity (Wildman–Crippen MR) is 101 cm³/mol. The Morgan fingerprint density at radius 2 is 1.85 bits per heavy atom. The first-order chi connectivity index (χ1) is 12.8. The lowest BCUT2D eigenvalue weighted by Gasteiger charge is -2.37. The van der Waals surface area contributed by atoms with E-state index in [-0.39, 0.29) is 23.9 Å². The molecular weight excluding hydrogens is 395 g/mol. The van der Waals surface area contributed by atoms with Gasteiger partial charge in [-0.2, -0.15) is 8.78 Å². The van der Waals surface area contributed by atoms with E-state index in [1.807, 2.05) is 6.92 Å². The van der Waals surface area contributed by atoms with Crippen molar-refractivity contribution in [2.45, 2.75) is 31.7 Å². The minimum atomic E-state index is -3.30. The summed E-state index contributed by atoms with van der Waals surface area (Å²) in [6, 6.07) is 9.32. The van der Waals surface area contributed by atoms with Crippen molar-refractivity contribution in [1.29, 1.82) is 0 Å².